The number of rotatable bonds is 7. The smallest absolute Gasteiger partial charge is 0.354 e. The van der Waals surface area contributed by atoms with Gasteiger partial charge in [0.1, 0.15) is 5.69 Å². The van der Waals surface area contributed by atoms with Crippen LogP contribution < -0.4 is 4.74 Å². The zero-order valence-electron chi connectivity index (χ0n) is 14.2. The van der Waals surface area contributed by atoms with Crippen LogP contribution in [0.15, 0.2) is 16.5 Å². The molecule has 2 aromatic rings. The molecule has 25 heavy (non-hydrogen) atoms. The van der Waals surface area contributed by atoms with Crippen LogP contribution in [0.5, 0.6) is 5.95 Å². The fraction of sp³-hybridized carbons (Fsp3) is 0.529. The highest BCUT2D eigenvalue weighted by Crippen LogP contribution is 2.26. The third-order valence-corrected chi connectivity index (χ3v) is 3.95. The second-order valence-electron chi connectivity index (χ2n) is 5.78. The Morgan fingerprint density at radius 3 is 2.80 bits per heavy atom. The van der Waals surface area contributed by atoms with E-state index < -0.39 is 5.97 Å². The molecule has 136 valence electrons. The summed E-state index contributed by atoms with van der Waals surface area (Å²) < 4.78 is 20.8. The second kappa shape index (κ2) is 8.17. The molecule has 1 aliphatic rings. The molecule has 2 aromatic heterocycles. The van der Waals surface area contributed by atoms with E-state index in [0.29, 0.717) is 29.8 Å². The molecule has 3 rings (SSSR count). The van der Waals surface area contributed by atoms with Crippen LogP contribution in [0.4, 0.5) is 0 Å². The van der Waals surface area contributed by atoms with Crippen molar-refractivity contribution in [2.24, 2.45) is 0 Å². The minimum atomic E-state index is -0.449. The Hall–Kier alpha value is -2.32. The van der Waals surface area contributed by atoms with E-state index in [-0.39, 0.29) is 11.9 Å². The van der Waals surface area contributed by atoms with Gasteiger partial charge in [-0.2, -0.15) is 0 Å². The molecule has 0 atom stereocenters. The van der Waals surface area contributed by atoms with Crippen molar-refractivity contribution in [1.82, 2.24) is 9.88 Å². The van der Waals surface area contributed by atoms with Crippen LogP contribution in [0.1, 0.15) is 30.3 Å². The summed E-state index contributed by atoms with van der Waals surface area (Å²) in [7, 11) is 0. The molecule has 0 aromatic carbocycles. The lowest BCUT2D eigenvalue weighted by Crippen LogP contribution is -2.37. The third kappa shape index (κ3) is 4.61. The van der Waals surface area contributed by atoms with Crippen LogP contribution in [0.25, 0.3) is 11.1 Å². The number of fused-ring (bicyclic) bond motifs is 1. The maximum absolute atomic E-state index is 11.9. The Morgan fingerprint density at radius 1 is 1.28 bits per heavy atom. The first-order valence-electron chi connectivity index (χ1n) is 8.46. The van der Waals surface area contributed by atoms with Crippen LogP contribution in [0, 0.1) is 0 Å². The van der Waals surface area contributed by atoms with Crippen LogP contribution in [-0.2, 0) is 14.3 Å². The number of carbonyl (C=O) groups excluding carboxylic acids is 2. The Labute approximate surface area is 145 Å². The number of nitrogens with zero attached hydrogens (tertiary/aromatic N) is 1. The number of aromatic amines is 1. The predicted octanol–water partition coefficient (Wildman–Crippen LogP) is 1.96. The van der Waals surface area contributed by atoms with Gasteiger partial charge in [0.15, 0.2) is 5.58 Å². The monoisotopic (exact) mass is 350 g/mol. The average Bonchev–Trinajstić information content (AvgIpc) is 3.14. The normalized spacial score (nSPS) is 15.4. The SMILES string of the molecule is CCOC(=O)c1cc2oc(OC(=O)CCCN3CCOCC3)cc2[nH]1. The highest BCUT2D eigenvalue weighted by atomic mass is 16.6. The first-order chi connectivity index (χ1) is 12.2. The van der Waals surface area contributed by atoms with Crippen molar-refractivity contribution >= 4 is 23.0 Å². The molecule has 1 aliphatic heterocycles. The van der Waals surface area contributed by atoms with Crippen LogP contribution >= 0.6 is 0 Å². The molecular weight excluding hydrogens is 328 g/mol. The summed E-state index contributed by atoms with van der Waals surface area (Å²) in [5, 5.41) is 0. The van der Waals surface area contributed by atoms with E-state index in [9.17, 15) is 9.59 Å². The van der Waals surface area contributed by atoms with E-state index in [1.165, 1.54) is 6.07 Å². The van der Waals surface area contributed by atoms with E-state index >= 15 is 0 Å². The van der Waals surface area contributed by atoms with Crippen molar-refractivity contribution in [3.05, 3.63) is 17.8 Å². The summed E-state index contributed by atoms with van der Waals surface area (Å²) in [4.78, 5) is 28.7. The summed E-state index contributed by atoms with van der Waals surface area (Å²) in [6, 6.07) is 3.08. The van der Waals surface area contributed by atoms with Gasteiger partial charge in [-0.3, -0.25) is 9.69 Å². The molecule has 1 saturated heterocycles. The topological polar surface area (TPSA) is 94.0 Å². The van der Waals surface area contributed by atoms with Gasteiger partial charge in [0.25, 0.3) is 5.95 Å². The maximum Gasteiger partial charge on any atom is 0.354 e. The molecule has 0 unspecified atom stereocenters. The van der Waals surface area contributed by atoms with Gasteiger partial charge in [0.2, 0.25) is 0 Å². The number of aromatic nitrogens is 1. The Morgan fingerprint density at radius 2 is 2.08 bits per heavy atom. The molecular formula is C17H22N2O6. The fourth-order valence-electron chi connectivity index (χ4n) is 2.70. The van der Waals surface area contributed by atoms with E-state index in [1.807, 2.05) is 0 Å². The number of furan rings is 1. The van der Waals surface area contributed by atoms with Crippen LogP contribution in [0.3, 0.4) is 0 Å². The standard InChI is InChI=1S/C17H22N2O6/c1-2-23-17(21)13-10-14-12(18-13)11-16(24-14)25-15(20)4-3-5-19-6-8-22-9-7-19/h10-11,18H,2-9H2,1H3. The summed E-state index contributed by atoms with van der Waals surface area (Å²) in [6.45, 7) is 6.18. The number of ether oxygens (including phenoxy) is 3. The summed E-state index contributed by atoms with van der Waals surface area (Å²) in [5.41, 5.74) is 1.33. The van der Waals surface area contributed by atoms with Crippen molar-refractivity contribution < 1.29 is 28.2 Å². The van der Waals surface area contributed by atoms with E-state index in [1.54, 1.807) is 13.0 Å². The van der Waals surface area contributed by atoms with Gasteiger partial charge in [-0.25, -0.2) is 4.79 Å². The highest BCUT2D eigenvalue weighted by Gasteiger charge is 2.16. The molecule has 8 nitrogen and oxygen atoms in total. The van der Waals surface area contributed by atoms with Crippen molar-refractivity contribution in [2.45, 2.75) is 19.8 Å². The molecule has 1 fully saturated rings. The molecule has 0 radical (unpaired) electrons. The lowest BCUT2D eigenvalue weighted by Gasteiger charge is -2.26. The lowest BCUT2D eigenvalue weighted by molar-refractivity contribution is -0.135. The summed E-state index contributed by atoms with van der Waals surface area (Å²) >= 11 is 0. The third-order valence-electron chi connectivity index (χ3n) is 3.95. The molecule has 0 spiro atoms. The molecule has 0 aliphatic carbocycles. The molecule has 3 heterocycles. The molecule has 1 N–H and O–H groups in total. The van der Waals surface area contributed by atoms with Crippen molar-refractivity contribution in [2.75, 3.05) is 39.5 Å². The number of morpholine rings is 1. The maximum atomic E-state index is 11.9. The van der Waals surface area contributed by atoms with Gasteiger partial charge >= 0.3 is 11.9 Å². The number of hydrogen-bond donors (Lipinski definition) is 1. The largest absolute Gasteiger partial charge is 0.461 e. The van der Waals surface area contributed by atoms with Crippen molar-refractivity contribution in [3.8, 4) is 5.95 Å². The Balaban J connectivity index is 1.47. The predicted molar refractivity (Wildman–Crippen MR) is 88.6 cm³/mol. The van der Waals surface area contributed by atoms with E-state index in [0.717, 1.165) is 39.3 Å². The lowest BCUT2D eigenvalue weighted by atomic mass is 10.3. The van der Waals surface area contributed by atoms with Gasteiger partial charge < -0.3 is 23.6 Å². The van der Waals surface area contributed by atoms with Gasteiger partial charge in [0, 0.05) is 31.6 Å². The van der Waals surface area contributed by atoms with E-state index in [4.69, 9.17) is 18.6 Å². The number of H-pyrrole nitrogens is 1. The zero-order valence-corrected chi connectivity index (χ0v) is 14.2. The minimum absolute atomic E-state index is 0.119. The van der Waals surface area contributed by atoms with Crippen LogP contribution in [-0.4, -0.2) is 61.3 Å². The Bertz CT molecular complexity index is 697. The van der Waals surface area contributed by atoms with Gasteiger partial charge in [-0.15, -0.1) is 0 Å². The number of nitrogens with one attached hydrogen (secondary N) is 1. The fourth-order valence-corrected chi connectivity index (χ4v) is 2.70. The quantitative estimate of drug-likeness (QED) is 0.763. The zero-order chi connectivity index (χ0) is 17.6. The minimum Gasteiger partial charge on any atom is -0.461 e. The van der Waals surface area contributed by atoms with Gasteiger partial charge in [0.05, 0.1) is 25.3 Å². The highest BCUT2D eigenvalue weighted by molar-refractivity contribution is 5.93. The first kappa shape index (κ1) is 17.5. The van der Waals surface area contributed by atoms with Crippen LogP contribution in [0.2, 0.25) is 0 Å². The summed E-state index contributed by atoms with van der Waals surface area (Å²) in [6.07, 6.45) is 1.05. The first-order valence-corrected chi connectivity index (χ1v) is 8.46. The van der Waals surface area contributed by atoms with Gasteiger partial charge in [-0.05, 0) is 19.9 Å². The second-order valence-corrected chi connectivity index (χ2v) is 5.78. The number of hydrogen-bond acceptors (Lipinski definition) is 7. The number of carbonyl (C=O) groups is 2. The van der Waals surface area contributed by atoms with E-state index in [2.05, 4.69) is 9.88 Å². The summed E-state index contributed by atoms with van der Waals surface area (Å²) in [5.74, 6) is -0.668. The molecule has 0 bridgehead atoms. The van der Waals surface area contributed by atoms with Crippen molar-refractivity contribution in [1.29, 1.82) is 0 Å². The molecule has 0 amide bonds. The Kier molecular flexibility index (Phi) is 5.72. The van der Waals surface area contributed by atoms with Crippen molar-refractivity contribution in [3.63, 3.8) is 0 Å². The number of esters is 2. The molecule has 8 heteroatoms. The average molecular weight is 350 g/mol. The van der Waals surface area contributed by atoms with Gasteiger partial charge in [-0.1, -0.05) is 0 Å². The molecule has 0 saturated carbocycles.